The fourth-order valence-electron chi connectivity index (χ4n) is 1.28. The first-order valence-corrected chi connectivity index (χ1v) is 5.36. The zero-order chi connectivity index (χ0) is 11.4. The highest BCUT2D eigenvalue weighted by atomic mass is 35.5. The Bertz CT molecular complexity index is 321. The fraction of sp³-hybridized carbons (Fsp3) is 0.400. The number of aliphatic hydroxyl groups is 1. The third-order valence-corrected chi connectivity index (χ3v) is 2.72. The summed E-state index contributed by atoms with van der Waals surface area (Å²) in [6, 6.07) is 2.95. The van der Waals surface area contributed by atoms with Crippen molar-refractivity contribution in [3.63, 3.8) is 0 Å². The number of phenols is 1. The van der Waals surface area contributed by atoms with E-state index in [4.69, 9.17) is 34.0 Å². The molecule has 0 saturated heterocycles. The molecule has 1 atom stereocenters. The number of rotatable bonds is 4. The van der Waals surface area contributed by atoms with Crippen molar-refractivity contribution < 1.29 is 10.2 Å². The molecule has 0 fully saturated rings. The zero-order valence-electron chi connectivity index (χ0n) is 8.08. The Labute approximate surface area is 98.4 Å². The lowest BCUT2D eigenvalue weighted by Gasteiger charge is -2.12. The molecular weight excluding hydrogens is 237 g/mol. The third-order valence-electron chi connectivity index (χ3n) is 2.14. The Hall–Kier alpha value is -0.480. The molecule has 5 heteroatoms. The number of hydrogen-bond acceptors (Lipinski definition) is 3. The second-order valence-electron chi connectivity index (χ2n) is 3.31. The van der Waals surface area contributed by atoms with E-state index in [9.17, 15) is 5.11 Å². The lowest BCUT2D eigenvalue weighted by molar-refractivity contribution is 0.280. The van der Waals surface area contributed by atoms with Crippen molar-refractivity contribution in [3.8, 4) is 5.75 Å². The van der Waals surface area contributed by atoms with E-state index in [1.54, 1.807) is 12.1 Å². The molecule has 0 aliphatic carbocycles. The van der Waals surface area contributed by atoms with E-state index < -0.39 is 0 Å². The van der Waals surface area contributed by atoms with Gasteiger partial charge in [-0.25, -0.2) is 0 Å². The van der Waals surface area contributed by atoms with Gasteiger partial charge in [0.15, 0.2) is 5.75 Å². The monoisotopic (exact) mass is 249 g/mol. The molecule has 0 heterocycles. The Morgan fingerprint density at radius 1 is 1.27 bits per heavy atom. The molecule has 4 N–H and O–H groups in total. The van der Waals surface area contributed by atoms with Crippen LogP contribution >= 0.6 is 23.2 Å². The van der Waals surface area contributed by atoms with Gasteiger partial charge in [-0.1, -0.05) is 23.2 Å². The van der Waals surface area contributed by atoms with Crippen molar-refractivity contribution in [3.05, 3.63) is 27.7 Å². The number of halogens is 2. The average Bonchev–Trinajstić information content (AvgIpc) is 2.21. The van der Waals surface area contributed by atoms with Gasteiger partial charge in [0, 0.05) is 12.6 Å². The van der Waals surface area contributed by atoms with Crippen LogP contribution in [0.4, 0.5) is 0 Å². The summed E-state index contributed by atoms with van der Waals surface area (Å²) in [5.74, 6) is -0.128. The Kier molecular flexibility index (Phi) is 4.67. The molecule has 1 rings (SSSR count). The number of aromatic hydroxyl groups is 1. The number of hydrogen-bond donors (Lipinski definition) is 3. The van der Waals surface area contributed by atoms with Crippen LogP contribution in [0.2, 0.25) is 10.0 Å². The van der Waals surface area contributed by atoms with Crippen LogP contribution in [0.5, 0.6) is 5.75 Å². The molecule has 1 aromatic rings. The summed E-state index contributed by atoms with van der Waals surface area (Å²) in [7, 11) is 0. The molecule has 0 aliphatic heterocycles. The van der Waals surface area contributed by atoms with Gasteiger partial charge in [0.2, 0.25) is 0 Å². The average molecular weight is 250 g/mol. The quantitative estimate of drug-likeness (QED) is 0.768. The van der Waals surface area contributed by atoms with Crippen LogP contribution < -0.4 is 5.73 Å². The Morgan fingerprint density at radius 3 is 2.27 bits per heavy atom. The molecule has 0 spiro atoms. The molecular formula is C10H13Cl2NO2. The van der Waals surface area contributed by atoms with Crippen LogP contribution in [0, 0.1) is 0 Å². The minimum absolute atomic E-state index is 0.104. The Morgan fingerprint density at radius 2 is 1.80 bits per heavy atom. The van der Waals surface area contributed by atoms with E-state index >= 15 is 0 Å². The SMILES string of the molecule is N[C@@H](CCCO)c1cc(Cl)c(O)c(Cl)c1. The van der Waals surface area contributed by atoms with Crippen LogP contribution in [0.3, 0.4) is 0 Å². The minimum Gasteiger partial charge on any atom is -0.505 e. The number of aliphatic hydroxyl groups excluding tert-OH is 1. The van der Waals surface area contributed by atoms with Gasteiger partial charge in [0.05, 0.1) is 10.0 Å². The van der Waals surface area contributed by atoms with E-state index in [2.05, 4.69) is 0 Å². The smallest absolute Gasteiger partial charge is 0.152 e. The molecule has 0 unspecified atom stereocenters. The van der Waals surface area contributed by atoms with Gasteiger partial charge in [-0.15, -0.1) is 0 Å². The number of phenolic OH excluding ortho intramolecular Hbond substituents is 1. The van der Waals surface area contributed by atoms with E-state index in [1.807, 2.05) is 0 Å². The number of nitrogens with two attached hydrogens (primary N) is 1. The molecule has 1 aromatic carbocycles. The van der Waals surface area contributed by atoms with Crippen LogP contribution in [-0.2, 0) is 0 Å². The molecule has 0 aliphatic rings. The summed E-state index contributed by atoms with van der Waals surface area (Å²) < 4.78 is 0. The molecule has 0 bridgehead atoms. The second kappa shape index (κ2) is 5.56. The van der Waals surface area contributed by atoms with E-state index in [0.29, 0.717) is 12.8 Å². The molecule has 0 aromatic heterocycles. The molecule has 3 nitrogen and oxygen atoms in total. The summed E-state index contributed by atoms with van der Waals surface area (Å²) >= 11 is 11.5. The van der Waals surface area contributed by atoms with Gasteiger partial charge >= 0.3 is 0 Å². The second-order valence-corrected chi connectivity index (χ2v) is 4.12. The van der Waals surface area contributed by atoms with Crippen molar-refractivity contribution in [1.82, 2.24) is 0 Å². The highest BCUT2D eigenvalue weighted by Crippen LogP contribution is 2.34. The van der Waals surface area contributed by atoms with Crippen molar-refractivity contribution in [1.29, 1.82) is 0 Å². The standard InChI is InChI=1S/C10H13Cl2NO2/c11-7-4-6(5-8(12)10(7)15)9(13)2-1-3-14/h4-5,9,14-15H,1-3,13H2/t9-/m0/s1. The number of benzene rings is 1. The maximum absolute atomic E-state index is 9.34. The summed E-state index contributed by atoms with van der Waals surface area (Å²) in [5, 5.41) is 18.4. The van der Waals surface area contributed by atoms with Gasteiger partial charge in [0.25, 0.3) is 0 Å². The molecule has 0 saturated carbocycles. The highest BCUT2D eigenvalue weighted by molar-refractivity contribution is 6.37. The third kappa shape index (κ3) is 3.24. The summed E-state index contributed by atoms with van der Waals surface area (Å²) in [6.07, 6.45) is 1.27. The largest absolute Gasteiger partial charge is 0.505 e. The molecule has 0 radical (unpaired) electrons. The predicted octanol–water partition coefficient (Wildman–Crippen LogP) is 2.47. The first-order chi connectivity index (χ1) is 7.06. The summed E-state index contributed by atoms with van der Waals surface area (Å²) in [4.78, 5) is 0. The summed E-state index contributed by atoms with van der Waals surface area (Å²) in [5.41, 5.74) is 6.62. The van der Waals surface area contributed by atoms with E-state index in [-0.39, 0.29) is 28.4 Å². The maximum Gasteiger partial charge on any atom is 0.152 e. The molecule has 84 valence electrons. The molecule has 15 heavy (non-hydrogen) atoms. The predicted molar refractivity (Wildman–Crippen MR) is 61.4 cm³/mol. The topological polar surface area (TPSA) is 66.5 Å². The van der Waals surface area contributed by atoms with Crippen LogP contribution in [0.1, 0.15) is 24.4 Å². The van der Waals surface area contributed by atoms with Crippen LogP contribution in [0.25, 0.3) is 0 Å². The van der Waals surface area contributed by atoms with Crippen molar-refractivity contribution in [2.24, 2.45) is 5.73 Å². The van der Waals surface area contributed by atoms with Crippen LogP contribution in [-0.4, -0.2) is 16.8 Å². The molecule has 0 amide bonds. The highest BCUT2D eigenvalue weighted by Gasteiger charge is 2.11. The van der Waals surface area contributed by atoms with E-state index in [0.717, 1.165) is 5.56 Å². The Balaban J connectivity index is 2.86. The van der Waals surface area contributed by atoms with Crippen molar-refractivity contribution >= 4 is 23.2 Å². The van der Waals surface area contributed by atoms with Gasteiger partial charge in [0.1, 0.15) is 0 Å². The maximum atomic E-state index is 9.34. The van der Waals surface area contributed by atoms with Crippen molar-refractivity contribution in [2.75, 3.05) is 6.61 Å². The summed E-state index contributed by atoms with van der Waals surface area (Å²) in [6.45, 7) is 0.104. The minimum atomic E-state index is -0.229. The normalized spacial score (nSPS) is 12.8. The van der Waals surface area contributed by atoms with Crippen molar-refractivity contribution in [2.45, 2.75) is 18.9 Å². The zero-order valence-corrected chi connectivity index (χ0v) is 9.59. The van der Waals surface area contributed by atoms with Crippen LogP contribution in [0.15, 0.2) is 12.1 Å². The fourth-order valence-corrected chi connectivity index (χ4v) is 1.78. The first kappa shape index (κ1) is 12.6. The lowest BCUT2D eigenvalue weighted by atomic mass is 10.0. The van der Waals surface area contributed by atoms with Gasteiger partial charge in [-0.05, 0) is 30.5 Å². The van der Waals surface area contributed by atoms with Gasteiger partial charge in [-0.3, -0.25) is 0 Å². The first-order valence-electron chi connectivity index (χ1n) is 4.60. The van der Waals surface area contributed by atoms with Gasteiger partial charge < -0.3 is 15.9 Å². The lowest BCUT2D eigenvalue weighted by Crippen LogP contribution is -2.10. The van der Waals surface area contributed by atoms with Gasteiger partial charge in [-0.2, -0.15) is 0 Å². The van der Waals surface area contributed by atoms with E-state index in [1.165, 1.54) is 0 Å².